The van der Waals surface area contributed by atoms with Crippen molar-refractivity contribution in [1.82, 2.24) is 0 Å². The SMILES string of the molecule is Nc1cc(C(=O)c2ccccc2O)c(O)cc1OC=O. The van der Waals surface area contributed by atoms with Crippen molar-refractivity contribution in [3.8, 4) is 17.2 Å². The van der Waals surface area contributed by atoms with Gasteiger partial charge in [-0.15, -0.1) is 0 Å². The molecule has 0 bridgehead atoms. The number of benzene rings is 2. The van der Waals surface area contributed by atoms with Crippen molar-refractivity contribution in [2.24, 2.45) is 0 Å². The fraction of sp³-hybridized carbons (Fsp3) is 0. The van der Waals surface area contributed by atoms with E-state index >= 15 is 0 Å². The van der Waals surface area contributed by atoms with Gasteiger partial charge in [0.15, 0.2) is 5.75 Å². The average Bonchev–Trinajstić information content (AvgIpc) is 2.42. The lowest BCUT2D eigenvalue weighted by Crippen LogP contribution is -2.04. The Hall–Kier alpha value is -3.02. The summed E-state index contributed by atoms with van der Waals surface area (Å²) in [6.07, 6.45) is 0. The van der Waals surface area contributed by atoms with Crippen LogP contribution in [0, 0.1) is 0 Å². The molecule has 0 saturated heterocycles. The van der Waals surface area contributed by atoms with Crippen LogP contribution in [0.3, 0.4) is 0 Å². The van der Waals surface area contributed by atoms with Crippen molar-refractivity contribution in [3.05, 3.63) is 47.5 Å². The Labute approximate surface area is 114 Å². The number of rotatable bonds is 4. The Bertz CT molecular complexity index is 681. The van der Waals surface area contributed by atoms with Crippen molar-refractivity contribution in [2.75, 3.05) is 5.73 Å². The first-order chi connectivity index (χ1) is 9.54. The molecular weight excluding hydrogens is 262 g/mol. The molecule has 0 fully saturated rings. The minimum atomic E-state index is -0.593. The molecule has 6 heteroatoms. The van der Waals surface area contributed by atoms with Crippen LogP contribution in [0.25, 0.3) is 0 Å². The van der Waals surface area contributed by atoms with Gasteiger partial charge < -0.3 is 20.7 Å². The van der Waals surface area contributed by atoms with Crippen molar-refractivity contribution in [1.29, 1.82) is 0 Å². The van der Waals surface area contributed by atoms with E-state index in [0.717, 1.165) is 6.07 Å². The summed E-state index contributed by atoms with van der Waals surface area (Å²) in [6.45, 7) is 0.162. The van der Waals surface area contributed by atoms with E-state index in [4.69, 9.17) is 5.73 Å². The second-order valence-electron chi connectivity index (χ2n) is 3.97. The molecule has 0 amide bonds. The van der Waals surface area contributed by atoms with Crippen LogP contribution in [0.4, 0.5) is 5.69 Å². The van der Waals surface area contributed by atoms with Crippen molar-refractivity contribution < 1.29 is 24.5 Å². The number of nitrogen functional groups attached to an aromatic ring is 1. The maximum absolute atomic E-state index is 12.2. The molecule has 2 aromatic carbocycles. The van der Waals surface area contributed by atoms with Gasteiger partial charge in [0.1, 0.15) is 11.5 Å². The van der Waals surface area contributed by atoms with Gasteiger partial charge in [-0.2, -0.15) is 0 Å². The highest BCUT2D eigenvalue weighted by molar-refractivity contribution is 6.12. The molecule has 0 aliphatic heterocycles. The second-order valence-corrected chi connectivity index (χ2v) is 3.97. The monoisotopic (exact) mass is 273 g/mol. The minimum Gasteiger partial charge on any atom is -0.507 e. The number of ether oxygens (including phenoxy) is 1. The quantitative estimate of drug-likeness (QED) is 0.336. The zero-order valence-corrected chi connectivity index (χ0v) is 10.2. The number of para-hydroxylation sites is 1. The van der Waals surface area contributed by atoms with Gasteiger partial charge in [0, 0.05) is 6.07 Å². The Kier molecular flexibility index (Phi) is 3.56. The number of carbonyl (C=O) groups is 2. The molecule has 0 heterocycles. The third-order valence-corrected chi connectivity index (χ3v) is 2.70. The number of carbonyl (C=O) groups excluding carboxylic acids is 2. The molecule has 0 unspecified atom stereocenters. The van der Waals surface area contributed by atoms with E-state index in [-0.39, 0.29) is 34.8 Å². The predicted molar refractivity (Wildman–Crippen MR) is 70.8 cm³/mol. The van der Waals surface area contributed by atoms with Crippen LogP contribution >= 0.6 is 0 Å². The van der Waals surface area contributed by atoms with Crippen molar-refractivity contribution >= 4 is 17.9 Å². The zero-order valence-electron chi connectivity index (χ0n) is 10.2. The van der Waals surface area contributed by atoms with E-state index in [2.05, 4.69) is 4.74 Å². The van der Waals surface area contributed by atoms with Crippen LogP contribution in [0.5, 0.6) is 17.2 Å². The topological polar surface area (TPSA) is 110 Å². The molecule has 2 rings (SSSR count). The summed E-state index contributed by atoms with van der Waals surface area (Å²) in [5.74, 6) is -1.25. The van der Waals surface area contributed by atoms with E-state index < -0.39 is 11.5 Å². The van der Waals surface area contributed by atoms with Crippen LogP contribution in [0.1, 0.15) is 15.9 Å². The number of hydrogen-bond donors (Lipinski definition) is 3. The number of anilines is 1. The molecule has 4 N–H and O–H groups in total. The number of hydrogen-bond acceptors (Lipinski definition) is 6. The lowest BCUT2D eigenvalue weighted by molar-refractivity contribution is -0.120. The maximum atomic E-state index is 12.2. The lowest BCUT2D eigenvalue weighted by Gasteiger charge is -2.09. The molecule has 2 aromatic rings. The number of nitrogens with two attached hydrogens (primary N) is 1. The summed E-state index contributed by atoms with van der Waals surface area (Å²) < 4.78 is 4.56. The van der Waals surface area contributed by atoms with E-state index in [9.17, 15) is 19.8 Å². The Morgan fingerprint density at radius 3 is 2.45 bits per heavy atom. The van der Waals surface area contributed by atoms with Crippen molar-refractivity contribution in [2.45, 2.75) is 0 Å². The molecule has 0 atom stereocenters. The van der Waals surface area contributed by atoms with E-state index in [1.54, 1.807) is 12.1 Å². The van der Waals surface area contributed by atoms with Gasteiger partial charge in [0.05, 0.1) is 16.8 Å². The maximum Gasteiger partial charge on any atom is 0.298 e. The molecule has 0 spiro atoms. The van der Waals surface area contributed by atoms with E-state index in [0.29, 0.717) is 0 Å². The smallest absolute Gasteiger partial charge is 0.298 e. The molecule has 20 heavy (non-hydrogen) atoms. The fourth-order valence-electron chi connectivity index (χ4n) is 1.73. The summed E-state index contributed by atoms with van der Waals surface area (Å²) in [5.41, 5.74) is 5.58. The lowest BCUT2D eigenvalue weighted by atomic mass is 10.0. The average molecular weight is 273 g/mol. The van der Waals surface area contributed by atoms with E-state index in [1.807, 2.05) is 0 Å². The summed E-state index contributed by atoms with van der Waals surface area (Å²) >= 11 is 0. The standard InChI is InChI=1S/C14H11NO5/c15-10-5-9(12(18)6-13(10)20-7-16)14(19)8-3-1-2-4-11(8)17/h1-7,17-18H,15H2. The van der Waals surface area contributed by atoms with Gasteiger partial charge in [0.25, 0.3) is 6.47 Å². The third kappa shape index (κ3) is 2.39. The molecule has 102 valence electrons. The number of ketones is 1. The Balaban J connectivity index is 2.48. The molecule has 0 aliphatic rings. The van der Waals surface area contributed by atoms with Gasteiger partial charge in [0.2, 0.25) is 5.78 Å². The van der Waals surface area contributed by atoms with Gasteiger partial charge in [-0.1, -0.05) is 12.1 Å². The first-order valence-electron chi connectivity index (χ1n) is 5.60. The first-order valence-corrected chi connectivity index (χ1v) is 5.60. The molecular formula is C14H11NO5. The normalized spacial score (nSPS) is 10.0. The molecule has 0 saturated carbocycles. The van der Waals surface area contributed by atoms with Crippen LogP contribution in [-0.4, -0.2) is 22.5 Å². The highest BCUT2D eigenvalue weighted by Gasteiger charge is 2.19. The number of aromatic hydroxyl groups is 2. The van der Waals surface area contributed by atoms with Gasteiger partial charge in [-0.25, -0.2) is 0 Å². The molecule has 0 aliphatic carbocycles. The molecule has 6 nitrogen and oxygen atoms in total. The summed E-state index contributed by atoms with van der Waals surface area (Å²) in [7, 11) is 0. The van der Waals surface area contributed by atoms with Gasteiger partial charge >= 0.3 is 0 Å². The van der Waals surface area contributed by atoms with E-state index in [1.165, 1.54) is 18.2 Å². The Morgan fingerprint density at radius 1 is 1.10 bits per heavy atom. The molecule has 0 radical (unpaired) electrons. The van der Waals surface area contributed by atoms with Crippen LogP contribution in [0.15, 0.2) is 36.4 Å². The van der Waals surface area contributed by atoms with Crippen molar-refractivity contribution in [3.63, 3.8) is 0 Å². The minimum absolute atomic E-state index is 0.0219. The molecule has 0 aromatic heterocycles. The highest BCUT2D eigenvalue weighted by Crippen LogP contribution is 2.32. The first kappa shape index (κ1) is 13.4. The second kappa shape index (κ2) is 5.31. The number of phenols is 2. The number of phenolic OH excluding ortho intramolecular Hbond substituents is 2. The summed E-state index contributed by atoms with van der Waals surface area (Å²) in [5, 5.41) is 19.4. The fourth-order valence-corrected chi connectivity index (χ4v) is 1.73. The third-order valence-electron chi connectivity index (χ3n) is 2.70. The van der Waals surface area contributed by atoms with Crippen LogP contribution in [-0.2, 0) is 4.79 Å². The highest BCUT2D eigenvalue weighted by atomic mass is 16.5. The van der Waals surface area contributed by atoms with Gasteiger partial charge in [-0.3, -0.25) is 9.59 Å². The largest absolute Gasteiger partial charge is 0.507 e. The van der Waals surface area contributed by atoms with Gasteiger partial charge in [-0.05, 0) is 18.2 Å². The summed E-state index contributed by atoms with van der Waals surface area (Å²) in [6, 6.07) is 8.18. The van der Waals surface area contributed by atoms with Crippen LogP contribution < -0.4 is 10.5 Å². The zero-order chi connectivity index (χ0) is 14.7. The summed E-state index contributed by atoms with van der Waals surface area (Å²) in [4.78, 5) is 22.5. The van der Waals surface area contributed by atoms with Crippen LogP contribution in [0.2, 0.25) is 0 Å². The Morgan fingerprint density at radius 2 is 1.80 bits per heavy atom. The predicted octanol–water partition coefficient (Wildman–Crippen LogP) is 1.45.